The molecule has 3 N–H and O–H groups in total. The van der Waals surface area contributed by atoms with Crippen molar-refractivity contribution in [3.8, 4) is 0 Å². The summed E-state index contributed by atoms with van der Waals surface area (Å²) in [6.07, 6.45) is 3.86. The Hall–Kier alpha value is -1.69. The molecule has 0 heterocycles. The van der Waals surface area contributed by atoms with Crippen LogP contribution in [-0.4, -0.2) is 17.0 Å². The minimum Gasteiger partial charge on any atom is -0.375 e. The Labute approximate surface area is 104 Å². The minimum absolute atomic E-state index is 0.0285. The van der Waals surface area contributed by atoms with E-state index in [-0.39, 0.29) is 23.5 Å². The normalized spacial score (nSPS) is 23.7. The lowest BCUT2D eigenvalue weighted by Crippen LogP contribution is -2.42. The Bertz CT molecular complexity index is 453. The average molecular weight is 253 g/mol. The molecule has 98 valence electrons. The highest BCUT2D eigenvalue weighted by Crippen LogP contribution is 2.28. The summed E-state index contributed by atoms with van der Waals surface area (Å²) in [4.78, 5) is 10.4. The monoisotopic (exact) mass is 253 g/mol. The lowest BCUT2D eigenvalue weighted by molar-refractivity contribution is -0.384. The zero-order valence-electron chi connectivity index (χ0n) is 9.93. The van der Waals surface area contributed by atoms with Gasteiger partial charge in [0, 0.05) is 24.2 Å². The Morgan fingerprint density at radius 2 is 2.11 bits per heavy atom. The van der Waals surface area contributed by atoms with Gasteiger partial charge in [-0.3, -0.25) is 10.1 Å². The molecule has 2 rings (SSSR count). The van der Waals surface area contributed by atoms with Gasteiger partial charge in [-0.05, 0) is 18.9 Å². The van der Waals surface area contributed by atoms with Crippen LogP contribution in [0.1, 0.15) is 25.7 Å². The van der Waals surface area contributed by atoms with Crippen molar-refractivity contribution >= 4 is 11.4 Å². The van der Waals surface area contributed by atoms with Gasteiger partial charge in [0.05, 0.1) is 4.92 Å². The first-order chi connectivity index (χ1) is 8.58. The molecule has 0 aromatic heterocycles. The van der Waals surface area contributed by atoms with Crippen molar-refractivity contribution in [2.24, 2.45) is 5.73 Å². The molecule has 0 amide bonds. The standard InChI is InChI=1S/C12H16FN3O2/c13-8-5-6-12(16(17)18)11(7-8)15-10-4-2-1-3-9(10)14/h5-7,9-10,15H,1-4,14H2/t9-,10-/m1/s1. The van der Waals surface area contributed by atoms with Crippen molar-refractivity contribution in [1.29, 1.82) is 0 Å². The summed E-state index contributed by atoms with van der Waals surface area (Å²) in [6.45, 7) is 0. The van der Waals surface area contributed by atoms with Crippen LogP contribution in [-0.2, 0) is 0 Å². The van der Waals surface area contributed by atoms with Crippen LogP contribution in [0.2, 0.25) is 0 Å². The number of benzene rings is 1. The van der Waals surface area contributed by atoms with E-state index in [1.54, 1.807) is 0 Å². The van der Waals surface area contributed by atoms with Crippen LogP contribution in [0.5, 0.6) is 0 Å². The number of nitrogens with zero attached hydrogens (tertiary/aromatic N) is 1. The molecule has 0 aliphatic heterocycles. The van der Waals surface area contributed by atoms with Gasteiger partial charge < -0.3 is 11.1 Å². The summed E-state index contributed by atoms with van der Waals surface area (Å²) < 4.78 is 13.2. The molecular formula is C12H16FN3O2. The molecule has 5 nitrogen and oxygen atoms in total. The van der Waals surface area contributed by atoms with Gasteiger partial charge in [-0.15, -0.1) is 0 Å². The third-order valence-corrected chi connectivity index (χ3v) is 3.32. The molecule has 0 spiro atoms. The van der Waals surface area contributed by atoms with Crippen LogP contribution >= 0.6 is 0 Å². The van der Waals surface area contributed by atoms with Gasteiger partial charge in [0.25, 0.3) is 5.69 Å². The first-order valence-electron chi connectivity index (χ1n) is 6.04. The van der Waals surface area contributed by atoms with E-state index in [2.05, 4.69) is 5.32 Å². The highest BCUT2D eigenvalue weighted by Gasteiger charge is 2.24. The number of nitrogens with two attached hydrogens (primary N) is 1. The van der Waals surface area contributed by atoms with Crippen molar-refractivity contribution in [1.82, 2.24) is 0 Å². The van der Waals surface area contributed by atoms with E-state index in [9.17, 15) is 14.5 Å². The summed E-state index contributed by atoms with van der Waals surface area (Å²) in [5, 5.41) is 13.9. The molecule has 1 aliphatic carbocycles. The fourth-order valence-electron chi connectivity index (χ4n) is 2.32. The second-order valence-corrected chi connectivity index (χ2v) is 4.62. The summed E-state index contributed by atoms with van der Waals surface area (Å²) >= 11 is 0. The fraction of sp³-hybridized carbons (Fsp3) is 0.500. The van der Waals surface area contributed by atoms with E-state index >= 15 is 0 Å². The quantitative estimate of drug-likeness (QED) is 0.640. The van der Waals surface area contributed by atoms with Crippen molar-refractivity contribution in [3.05, 3.63) is 34.1 Å². The van der Waals surface area contributed by atoms with Gasteiger partial charge >= 0.3 is 0 Å². The maximum atomic E-state index is 13.2. The Morgan fingerprint density at radius 1 is 1.39 bits per heavy atom. The average Bonchev–Trinajstić information content (AvgIpc) is 2.32. The van der Waals surface area contributed by atoms with Crippen LogP contribution in [0.4, 0.5) is 15.8 Å². The molecule has 1 aromatic rings. The number of nitro groups is 1. The van der Waals surface area contributed by atoms with Gasteiger partial charge in [-0.25, -0.2) is 4.39 Å². The maximum absolute atomic E-state index is 13.2. The van der Waals surface area contributed by atoms with Crippen LogP contribution in [0, 0.1) is 15.9 Å². The Balaban J connectivity index is 2.21. The SMILES string of the molecule is N[C@@H]1CCCC[C@H]1Nc1cc(F)ccc1[N+](=O)[O-]. The molecule has 0 unspecified atom stereocenters. The van der Waals surface area contributed by atoms with Crippen LogP contribution in [0.15, 0.2) is 18.2 Å². The lowest BCUT2D eigenvalue weighted by atomic mass is 9.91. The van der Waals surface area contributed by atoms with Gasteiger partial charge in [0.1, 0.15) is 11.5 Å². The molecule has 6 heteroatoms. The smallest absolute Gasteiger partial charge is 0.292 e. The number of hydrogen-bond acceptors (Lipinski definition) is 4. The van der Waals surface area contributed by atoms with E-state index in [1.165, 1.54) is 6.07 Å². The first kappa shape index (κ1) is 12.8. The largest absolute Gasteiger partial charge is 0.375 e. The summed E-state index contributed by atoms with van der Waals surface area (Å²) in [5.74, 6) is -0.493. The fourth-order valence-corrected chi connectivity index (χ4v) is 2.32. The van der Waals surface area contributed by atoms with E-state index in [4.69, 9.17) is 5.73 Å². The molecule has 0 bridgehead atoms. The number of nitro benzene ring substituents is 1. The first-order valence-corrected chi connectivity index (χ1v) is 6.04. The number of halogens is 1. The molecular weight excluding hydrogens is 237 g/mol. The number of nitrogens with one attached hydrogen (secondary N) is 1. The third-order valence-electron chi connectivity index (χ3n) is 3.32. The van der Waals surface area contributed by atoms with Crippen molar-refractivity contribution in [3.63, 3.8) is 0 Å². The molecule has 0 saturated heterocycles. The molecule has 1 aromatic carbocycles. The second-order valence-electron chi connectivity index (χ2n) is 4.62. The molecule has 18 heavy (non-hydrogen) atoms. The number of hydrogen-bond donors (Lipinski definition) is 2. The molecule has 1 fully saturated rings. The highest BCUT2D eigenvalue weighted by molar-refractivity contribution is 5.62. The molecule has 1 aliphatic rings. The van der Waals surface area contributed by atoms with E-state index in [0.29, 0.717) is 0 Å². The predicted octanol–water partition coefficient (Wildman–Crippen LogP) is 2.42. The Kier molecular flexibility index (Phi) is 3.76. The predicted molar refractivity (Wildman–Crippen MR) is 66.9 cm³/mol. The zero-order chi connectivity index (χ0) is 13.1. The third kappa shape index (κ3) is 2.76. The summed E-state index contributed by atoms with van der Waals surface area (Å²) in [6, 6.07) is 3.34. The molecule has 0 radical (unpaired) electrons. The van der Waals surface area contributed by atoms with Gasteiger partial charge in [-0.2, -0.15) is 0 Å². The summed E-state index contributed by atoms with van der Waals surface area (Å²) in [7, 11) is 0. The molecule has 2 atom stereocenters. The minimum atomic E-state index is -0.518. The van der Waals surface area contributed by atoms with Crippen LogP contribution in [0.25, 0.3) is 0 Å². The van der Waals surface area contributed by atoms with Crippen molar-refractivity contribution < 1.29 is 9.31 Å². The van der Waals surface area contributed by atoms with Gasteiger partial charge in [0.15, 0.2) is 0 Å². The van der Waals surface area contributed by atoms with E-state index in [0.717, 1.165) is 37.8 Å². The summed E-state index contributed by atoms with van der Waals surface area (Å²) in [5.41, 5.74) is 6.06. The zero-order valence-corrected chi connectivity index (χ0v) is 9.93. The number of rotatable bonds is 3. The topological polar surface area (TPSA) is 81.2 Å². The van der Waals surface area contributed by atoms with Crippen LogP contribution < -0.4 is 11.1 Å². The van der Waals surface area contributed by atoms with Crippen LogP contribution in [0.3, 0.4) is 0 Å². The lowest BCUT2D eigenvalue weighted by Gasteiger charge is -2.29. The maximum Gasteiger partial charge on any atom is 0.292 e. The van der Waals surface area contributed by atoms with Crippen molar-refractivity contribution in [2.75, 3.05) is 5.32 Å². The van der Waals surface area contributed by atoms with Crippen molar-refractivity contribution in [2.45, 2.75) is 37.8 Å². The highest BCUT2D eigenvalue weighted by atomic mass is 19.1. The second kappa shape index (κ2) is 5.30. The van der Waals surface area contributed by atoms with E-state index < -0.39 is 10.7 Å². The van der Waals surface area contributed by atoms with E-state index in [1.807, 2.05) is 0 Å². The number of anilines is 1. The Morgan fingerprint density at radius 3 is 2.78 bits per heavy atom. The molecule has 1 saturated carbocycles. The van der Waals surface area contributed by atoms with Gasteiger partial charge in [-0.1, -0.05) is 12.8 Å². The van der Waals surface area contributed by atoms with Gasteiger partial charge in [0.2, 0.25) is 0 Å².